The number of aryl methyl sites for hydroxylation is 4. The Morgan fingerprint density at radius 1 is 0.340 bits per heavy atom. The third-order valence-corrected chi connectivity index (χ3v) is 30.0. The van der Waals surface area contributed by atoms with E-state index >= 15 is 0 Å². The predicted molar refractivity (Wildman–Crippen MR) is 530 cm³/mol. The molecule has 8 aliphatic rings. The van der Waals surface area contributed by atoms with Crippen molar-refractivity contribution in [2.75, 3.05) is 96.8 Å². The lowest BCUT2D eigenvalue weighted by molar-refractivity contribution is -0.0629. The summed E-state index contributed by atoms with van der Waals surface area (Å²) < 4.78 is 192. The number of anilines is 4. The molecule has 0 amide bonds. The van der Waals surface area contributed by atoms with Gasteiger partial charge in [-0.05, 0) is 148 Å². The number of hydrogen-bond acceptors (Lipinski definition) is 40. The lowest BCUT2D eigenvalue weighted by Crippen LogP contribution is -2.33. The van der Waals surface area contributed by atoms with Crippen molar-refractivity contribution in [2.45, 2.75) is 298 Å². The Kier molecular flexibility index (Phi) is 29.1. The zero-order valence-corrected chi connectivity index (χ0v) is 82.7. The van der Waals surface area contributed by atoms with Gasteiger partial charge in [-0.2, -0.15) is 0 Å². The van der Waals surface area contributed by atoms with Crippen molar-refractivity contribution in [1.29, 1.82) is 0 Å². The molecule has 0 aliphatic heterocycles. The van der Waals surface area contributed by atoms with E-state index in [1.54, 1.807) is 84.9 Å². The number of thioether (sulfide) groups is 4. The van der Waals surface area contributed by atoms with Crippen LogP contribution >= 0.6 is 47.0 Å². The number of rotatable bonds is 40. The van der Waals surface area contributed by atoms with E-state index in [9.17, 15) is 73.7 Å². The second-order valence-corrected chi connectivity index (χ2v) is 40.0. The van der Waals surface area contributed by atoms with Crippen molar-refractivity contribution in [2.24, 2.45) is 0 Å². The van der Waals surface area contributed by atoms with Crippen LogP contribution in [0.4, 0.5) is 40.8 Å². The van der Waals surface area contributed by atoms with Gasteiger partial charge in [0.2, 0.25) is 0 Å². The van der Waals surface area contributed by atoms with E-state index in [0.717, 1.165) is 95.4 Å². The summed E-state index contributed by atoms with van der Waals surface area (Å²) >= 11 is 3.97. The Morgan fingerprint density at radius 3 is 0.875 bits per heavy atom. The van der Waals surface area contributed by atoms with Crippen LogP contribution < -0.4 is 21.3 Å². The summed E-state index contributed by atoms with van der Waals surface area (Å²) in [5.41, 5.74) is 3.01. The first-order valence-corrected chi connectivity index (χ1v) is 51.0. The number of fused-ring (bicyclic) bond motifs is 4. The van der Waals surface area contributed by atoms with E-state index < -0.39 is 154 Å². The Labute approximate surface area is 863 Å². The molecule has 48 heteroatoms. The lowest BCUT2D eigenvalue weighted by Gasteiger charge is -2.17. The number of halogens is 4. The second-order valence-electron chi connectivity index (χ2n) is 36.4. The lowest BCUT2D eigenvalue weighted by atomic mass is 10.1. The van der Waals surface area contributed by atoms with Gasteiger partial charge in [-0.15, -0.1) is 20.4 Å². The highest BCUT2D eigenvalue weighted by Gasteiger charge is 2.51. The van der Waals surface area contributed by atoms with Crippen LogP contribution in [0.1, 0.15) is 216 Å². The van der Waals surface area contributed by atoms with E-state index in [1.165, 1.54) is 42.6 Å². The first-order chi connectivity index (χ1) is 74.5. The van der Waals surface area contributed by atoms with Crippen LogP contribution in [0.25, 0.3) is 44.7 Å². The third-order valence-electron chi connectivity index (χ3n) is 26.5. The average Bonchev–Trinajstić information content (AvgIpc) is 1.63. The predicted octanol–water partition coefficient (Wildman–Crippen LogP) is 8.73. The third kappa shape index (κ3) is 23.8. The van der Waals surface area contributed by atoms with Gasteiger partial charge in [0, 0.05) is 105 Å². The van der Waals surface area contributed by atoms with E-state index in [2.05, 4.69) is 102 Å². The van der Waals surface area contributed by atoms with Crippen LogP contribution in [0, 0.1) is 51.0 Å². The Bertz CT molecular complexity index is 7150. The summed E-state index contributed by atoms with van der Waals surface area (Å²) in [6, 6.07) is 17.2. The quantitative estimate of drug-likeness (QED) is 0.00969. The Morgan fingerprint density at radius 2 is 0.618 bits per heavy atom. The fourth-order valence-electron chi connectivity index (χ4n) is 18.3. The summed E-state index contributed by atoms with van der Waals surface area (Å²) in [6.07, 6.45) is -10.6. The van der Waals surface area contributed by atoms with Crippen LogP contribution in [-0.4, -0.2) is 334 Å². The number of aliphatic hydroxyl groups is 12. The molecule has 8 fully saturated rings. The SMILES string of the molecule is [2H]C([2H])(CC)Sc1nc(N[C@@H]2C[C@H]2c2ccc(C)c(F)c2)c2nnn([C@@H]3C[C@H](OCCO)[C@@H](O)[C@H]3O)c2n1.[2H]C([2H])(CO)O[C@H]1C[C@@H](n2nnc3c(N[C@@H]4C[C@H]4c4ccc(C)c(F)c4)nc(SC([2H])([2H])CC)nc32)[C@H](O)[C@@H]1O.[2H]C([2H])(O)C([2H])([2H])O[C@H]1C[C@@H](n2nnc3c(N[C@@H]4C[C@H]4c4ccc(C)c(F)c4)nc(SCCC)nc32)[C@H](O)[C@@H]1O.[2H]C([2H])(O)CO[C@H]1C[C@@H](n2nnc3c(N[C@@H]4C[C@H]4c4ccc(C)c(F)c4)nc(SC([2H])([2H])CC)nc32)[C@H](O)[C@@H]1O. The molecule has 0 spiro atoms. The molecule has 8 saturated carbocycles. The van der Waals surface area contributed by atoms with E-state index in [0.29, 0.717) is 61.7 Å². The molecule has 20 rings (SSSR count). The zero-order valence-electron chi connectivity index (χ0n) is 93.4. The molecular formula is C96H124F4N24O16S4. The molecule has 40 nitrogen and oxygen atoms in total. The Hall–Kier alpha value is -9.52. The van der Waals surface area contributed by atoms with Gasteiger partial charge in [-0.25, -0.2) is 76.2 Å². The summed E-state index contributed by atoms with van der Waals surface area (Å²) in [7, 11) is 0. The van der Waals surface area contributed by atoms with Crippen molar-refractivity contribution in [1.82, 2.24) is 99.8 Å². The van der Waals surface area contributed by atoms with Crippen LogP contribution in [0.2, 0.25) is 0 Å². The van der Waals surface area contributed by atoms with Gasteiger partial charge in [0.25, 0.3) is 0 Å². The number of hydrogen-bond donors (Lipinski definition) is 16. The van der Waals surface area contributed by atoms with E-state index in [1.807, 2.05) is 31.2 Å². The van der Waals surface area contributed by atoms with Gasteiger partial charge in [0.1, 0.15) is 72.1 Å². The van der Waals surface area contributed by atoms with Crippen LogP contribution in [-0.2, 0) is 18.9 Å². The van der Waals surface area contributed by atoms with Gasteiger partial charge in [0.15, 0.2) is 88.6 Å². The van der Waals surface area contributed by atoms with Crippen molar-refractivity contribution in [3.63, 3.8) is 0 Å². The smallest absolute Gasteiger partial charge is 0.191 e. The van der Waals surface area contributed by atoms with Crippen LogP contribution in [0.5, 0.6) is 0 Å². The molecule has 0 radical (unpaired) electrons. The normalized spacial score (nSPS) is 29.8. The number of aromatic nitrogens is 20. The molecule has 776 valence electrons. The maximum absolute atomic E-state index is 14.1. The van der Waals surface area contributed by atoms with Crippen LogP contribution in [0.15, 0.2) is 93.4 Å². The highest BCUT2D eigenvalue weighted by Crippen LogP contribution is 2.50. The van der Waals surface area contributed by atoms with Crippen molar-refractivity contribution in [3.8, 4) is 0 Å². The topological polar surface area (TPSA) is 554 Å². The molecule has 144 heavy (non-hydrogen) atoms. The molecule has 0 unspecified atom stereocenters. The molecule has 8 aromatic heterocycles. The first kappa shape index (κ1) is 88.6. The second kappa shape index (κ2) is 47.3. The minimum absolute atomic E-state index is 0.0122. The van der Waals surface area contributed by atoms with E-state index in [4.69, 9.17) is 43.2 Å². The maximum Gasteiger partial charge on any atom is 0.191 e. The fourth-order valence-corrected chi connectivity index (χ4v) is 20.6. The molecule has 8 aliphatic carbocycles. The zero-order chi connectivity index (χ0) is 114. The monoisotopic (exact) mass is 2090 g/mol. The molecule has 8 heterocycles. The largest absolute Gasteiger partial charge is 0.394 e. The molecule has 24 atom stereocenters. The van der Waals surface area contributed by atoms with Gasteiger partial charge < -0.3 is 101 Å². The Balaban J connectivity index is 0.000000142. The van der Waals surface area contributed by atoms with Crippen molar-refractivity contribution in [3.05, 3.63) is 141 Å². The average molecular weight is 2090 g/mol. The summed E-state index contributed by atoms with van der Waals surface area (Å²) in [5, 5.41) is 170. The molecule has 16 N–H and O–H groups in total. The maximum atomic E-state index is 14.1. The highest BCUT2D eigenvalue weighted by molar-refractivity contribution is 7.99. The molecular weight excluding hydrogens is 1950 g/mol. The minimum Gasteiger partial charge on any atom is -0.394 e. The number of benzene rings is 4. The van der Waals surface area contributed by atoms with Gasteiger partial charge in [-0.3, -0.25) is 0 Å². The van der Waals surface area contributed by atoms with Crippen molar-refractivity contribution < 1.29 is 117 Å². The summed E-state index contributed by atoms with van der Waals surface area (Å²) in [4.78, 5) is 36.3. The molecule has 0 bridgehead atoms. The molecule has 4 aromatic carbocycles. The highest BCUT2D eigenvalue weighted by atomic mass is 32.2. The molecule has 0 saturated heterocycles. The number of nitrogens with zero attached hydrogens (tertiary/aromatic N) is 20. The van der Waals surface area contributed by atoms with E-state index in [-0.39, 0.29) is 178 Å². The minimum atomic E-state index is -3.33. The number of aliphatic hydroxyl groups excluding tert-OH is 10. The van der Waals surface area contributed by atoms with Crippen LogP contribution in [0.3, 0.4) is 0 Å². The summed E-state index contributed by atoms with van der Waals surface area (Å²) in [5.74, 6) is 1.39. The van der Waals surface area contributed by atoms with Gasteiger partial charge in [-0.1, -0.05) is 144 Å². The van der Waals surface area contributed by atoms with Gasteiger partial charge in [0.05, 0.1) is 112 Å². The fraction of sp³-hybridized carbons (Fsp3) is 0.583. The summed E-state index contributed by atoms with van der Waals surface area (Å²) in [6.45, 7) is 0.706. The standard InChI is InChI=1S/4C24H31FN6O4S/c4*1-3-8-36-24-27-22(26-16-10-14(16)13-5-4-12(2)15(25)9-13)19-23(28-24)31(30-29-19)17-11-18(35-7-6-32)21(34)20(17)33/h4*4-5,9,14,16-18,20-21,32-34H,3,6-8,10-11H2,1-2H3,(H,26,27,28)/t4*14-,16+,17+,18-,20-,21+/m0000/s1/i7D2,8D2;6D2,8D2;6D2,7D2;8D2. The number of ether oxygens (including phenoxy) is 4. The number of nitrogens with one attached hydrogen (secondary N) is 4. The first-order valence-electron chi connectivity index (χ1n) is 54.5. The molecule has 12 aromatic rings. The van der Waals surface area contributed by atoms with Gasteiger partial charge >= 0.3 is 0 Å². The van der Waals surface area contributed by atoms with Crippen molar-refractivity contribution >= 4 is 115 Å².